The van der Waals surface area contributed by atoms with Gasteiger partial charge in [0.15, 0.2) is 0 Å². The zero-order valence-corrected chi connectivity index (χ0v) is 22.5. The highest BCUT2D eigenvalue weighted by molar-refractivity contribution is 5.85. The highest BCUT2D eigenvalue weighted by atomic mass is 19.1. The Bertz CT molecular complexity index is 1380. The van der Waals surface area contributed by atoms with Crippen LogP contribution in [0.1, 0.15) is 75.1 Å². The molecule has 0 heterocycles. The standard InChI is InChI=1S/C34H37FO2/c1-22-13-16-34(22)17-14-24-8-9-26(20-31(24)34)37-21-23-7-11-27(29-19-25(36-4)10-12-32(29)35)28(18-23)30-6-5-15-33(30,2)3/h6-12,18-20,22H,5,13-17,21H2,1-4H3. The summed E-state index contributed by atoms with van der Waals surface area (Å²) in [5.74, 6) is 2.13. The van der Waals surface area contributed by atoms with Crippen LogP contribution in [-0.2, 0) is 18.4 Å². The molecule has 2 atom stereocenters. The minimum atomic E-state index is -0.236. The molecule has 2 nitrogen and oxygen atoms in total. The summed E-state index contributed by atoms with van der Waals surface area (Å²) in [5.41, 5.74) is 8.38. The smallest absolute Gasteiger partial charge is 0.131 e. The van der Waals surface area contributed by atoms with Crippen LogP contribution in [-0.4, -0.2) is 7.11 Å². The monoisotopic (exact) mass is 496 g/mol. The van der Waals surface area contributed by atoms with Gasteiger partial charge >= 0.3 is 0 Å². The Labute approximate surface area is 220 Å². The number of hydrogen-bond donors (Lipinski definition) is 0. The predicted octanol–water partition coefficient (Wildman–Crippen LogP) is 8.90. The Hall–Kier alpha value is -3.07. The molecule has 3 heteroatoms. The molecule has 0 radical (unpaired) electrons. The SMILES string of the molecule is COc1ccc(F)c(-c2ccc(COc3ccc4c(c3)C3(CC4)CCC3C)cc2C2=CCCC2(C)C)c1. The van der Waals surface area contributed by atoms with Crippen LogP contribution in [0, 0.1) is 17.2 Å². The number of aryl methyl sites for hydroxylation is 1. The zero-order chi connectivity index (χ0) is 25.8. The number of hydrogen-bond acceptors (Lipinski definition) is 2. The molecular formula is C34H37FO2. The van der Waals surface area contributed by atoms with Gasteiger partial charge in [0.25, 0.3) is 0 Å². The van der Waals surface area contributed by atoms with E-state index in [-0.39, 0.29) is 11.2 Å². The van der Waals surface area contributed by atoms with Crippen molar-refractivity contribution in [2.45, 2.75) is 71.3 Å². The number of allylic oxidation sites excluding steroid dienone is 2. The van der Waals surface area contributed by atoms with Gasteiger partial charge in [0.2, 0.25) is 0 Å². The van der Waals surface area contributed by atoms with Crippen LogP contribution < -0.4 is 9.47 Å². The zero-order valence-electron chi connectivity index (χ0n) is 22.5. The molecule has 3 aromatic carbocycles. The van der Waals surface area contributed by atoms with Crippen molar-refractivity contribution in [2.75, 3.05) is 7.11 Å². The van der Waals surface area contributed by atoms with Crippen molar-refractivity contribution in [3.05, 3.63) is 88.7 Å². The first-order valence-electron chi connectivity index (χ1n) is 13.7. The van der Waals surface area contributed by atoms with Gasteiger partial charge in [-0.2, -0.15) is 0 Å². The molecule has 3 aliphatic carbocycles. The van der Waals surface area contributed by atoms with Crippen molar-refractivity contribution in [1.29, 1.82) is 0 Å². The van der Waals surface area contributed by atoms with E-state index >= 15 is 4.39 Å². The van der Waals surface area contributed by atoms with Gasteiger partial charge in [-0.05, 0) is 125 Å². The lowest BCUT2D eigenvalue weighted by molar-refractivity contribution is 0.138. The maximum Gasteiger partial charge on any atom is 0.131 e. The summed E-state index contributed by atoms with van der Waals surface area (Å²) in [6.07, 6.45) is 9.57. The van der Waals surface area contributed by atoms with E-state index in [1.54, 1.807) is 19.2 Å². The number of methoxy groups -OCH3 is 1. The normalized spacial score (nSPS) is 23.5. The molecule has 1 saturated carbocycles. The Kier molecular flexibility index (Phi) is 5.93. The molecule has 1 fully saturated rings. The molecule has 1 spiro atoms. The maximum atomic E-state index is 15.1. The fourth-order valence-electron chi connectivity index (χ4n) is 6.98. The molecule has 0 bridgehead atoms. The molecule has 0 saturated heterocycles. The molecule has 0 aliphatic heterocycles. The van der Waals surface area contributed by atoms with Crippen molar-refractivity contribution in [2.24, 2.45) is 11.3 Å². The molecule has 37 heavy (non-hydrogen) atoms. The minimum Gasteiger partial charge on any atom is -0.497 e. The summed E-state index contributed by atoms with van der Waals surface area (Å²) in [4.78, 5) is 0. The number of halogens is 1. The van der Waals surface area contributed by atoms with E-state index in [4.69, 9.17) is 9.47 Å². The number of rotatable bonds is 6. The van der Waals surface area contributed by atoms with E-state index in [0.717, 1.165) is 41.2 Å². The average Bonchev–Trinajstić information content (AvgIpc) is 3.47. The quantitative estimate of drug-likeness (QED) is 0.339. The van der Waals surface area contributed by atoms with Crippen molar-refractivity contribution in [3.8, 4) is 22.6 Å². The summed E-state index contributed by atoms with van der Waals surface area (Å²) in [6.45, 7) is 7.45. The summed E-state index contributed by atoms with van der Waals surface area (Å²) in [5, 5.41) is 0. The molecule has 3 aromatic rings. The molecular weight excluding hydrogens is 459 g/mol. The Balaban J connectivity index is 1.33. The lowest BCUT2D eigenvalue weighted by Crippen LogP contribution is -2.40. The van der Waals surface area contributed by atoms with Gasteiger partial charge < -0.3 is 9.47 Å². The van der Waals surface area contributed by atoms with Gasteiger partial charge in [-0.1, -0.05) is 45.0 Å². The van der Waals surface area contributed by atoms with Crippen LogP contribution in [0.4, 0.5) is 4.39 Å². The van der Waals surface area contributed by atoms with E-state index < -0.39 is 0 Å². The summed E-state index contributed by atoms with van der Waals surface area (Å²) in [6, 6.07) is 18.0. The highest BCUT2D eigenvalue weighted by Gasteiger charge is 2.49. The second-order valence-electron chi connectivity index (χ2n) is 12.0. The number of ether oxygens (including phenoxy) is 2. The molecule has 0 aromatic heterocycles. The van der Waals surface area contributed by atoms with Gasteiger partial charge in [-0.3, -0.25) is 0 Å². The van der Waals surface area contributed by atoms with E-state index in [2.05, 4.69) is 63.2 Å². The van der Waals surface area contributed by atoms with Gasteiger partial charge in [0.1, 0.15) is 23.9 Å². The van der Waals surface area contributed by atoms with Crippen LogP contribution in [0.2, 0.25) is 0 Å². The molecule has 0 N–H and O–H groups in total. The van der Waals surface area contributed by atoms with Crippen LogP contribution in [0.3, 0.4) is 0 Å². The first kappa shape index (κ1) is 24.3. The predicted molar refractivity (Wildman–Crippen MR) is 149 cm³/mol. The second kappa shape index (κ2) is 9.04. The first-order valence-corrected chi connectivity index (χ1v) is 13.7. The summed E-state index contributed by atoms with van der Waals surface area (Å²) >= 11 is 0. The van der Waals surface area contributed by atoms with Crippen molar-refractivity contribution in [1.82, 2.24) is 0 Å². The fourth-order valence-corrected chi connectivity index (χ4v) is 6.98. The van der Waals surface area contributed by atoms with E-state index in [9.17, 15) is 0 Å². The van der Waals surface area contributed by atoms with Crippen LogP contribution in [0.25, 0.3) is 16.7 Å². The topological polar surface area (TPSA) is 18.5 Å². The Morgan fingerprint density at radius 1 is 0.892 bits per heavy atom. The van der Waals surface area contributed by atoms with E-state index in [1.807, 2.05) is 0 Å². The van der Waals surface area contributed by atoms with Crippen molar-refractivity contribution >= 4 is 5.57 Å². The number of benzene rings is 3. The van der Waals surface area contributed by atoms with Crippen molar-refractivity contribution < 1.29 is 13.9 Å². The van der Waals surface area contributed by atoms with Crippen molar-refractivity contribution in [3.63, 3.8) is 0 Å². The highest BCUT2D eigenvalue weighted by Crippen LogP contribution is 2.56. The summed E-state index contributed by atoms with van der Waals surface area (Å²) < 4.78 is 26.8. The first-order chi connectivity index (χ1) is 17.8. The van der Waals surface area contributed by atoms with E-state index in [0.29, 0.717) is 23.3 Å². The fraction of sp³-hybridized carbons (Fsp3) is 0.412. The molecule has 3 aliphatic rings. The van der Waals surface area contributed by atoms with E-state index in [1.165, 1.54) is 48.4 Å². The van der Waals surface area contributed by atoms with Crippen LogP contribution in [0.5, 0.6) is 11.5 Å². The maximum absolute atomic E-state index is 15.1. The third-order valence-corrected chi connectivity index (χ3v) is 9.52. The van der Waals surface area contributed by atoms with Crippen LogP contribution >= 0.6 is 0 Å². The molecule has 0 amide bonds. The molecule has 6 rings (SSSR count). The van der Waals surface area contributed by atoms with Gasteiger partial charge in [0.05, 0.1) is 7.11 Å². The third-order valence-electron chi connectivity index (χ3n) is 9.52. The second-order valence-corrected chi connectivity index (χ2v) is 12.0. The van der Waals surface area contributed by atoms with Crippen LogP contribution in [0.15, 0.2) is 60.7 Å². The van der Waals surface area contributed by atoms with Gasteiger partial charge in [0, 0.05) is 5.56 Å². The number of fused-ring (bicyclic) bond motifs is 2. The molecule has 2 unspecified atom stereocenters. The summed E-state index contributed by atoms with van der Waals surface area (Å²) in [7, 11) is 1.62. The Morgan fingerprint density at radius 3 is 2.43 bits per heavy atom. The van der Waals surface area contributed by atoms with Gasteiger partial charge in [-0.15, -0.1) is 0 Å². The average molecular weight is 497 g/mol. The lowest BCUT2D eigenvalue weighted by atomic mass is 9.58. The Morgan fingerprint density at radius 2 is 1.73 bits per heavy atom. The minimum absolute atomic E-state index is 0.0390. The largest absolute Gasteiger partial charge is 0.497 e. The lowest BCUT2D eigenvalue weighted by Gasteiger charge is -2.46. The third kappa shape index (κ3) is 4.07. The van der Waals surface area contributed by atoms with Gasteiger partial charge in [-0.25, -0.2) is 4.39 Å². The molecule has 192 valence electrons.